The molecular weight excluding hydrogens is 390 g/mol. The highest BCUT2D eigenvalue weighted by atomic mass is 32.2. The van der Waals surface area contributed by atoms with Gasteiger partial charge in [0, 0.05) is 17.9 Å². The van der Waals surface area contributed by atoms with Gasteiger partial charge in [-0.25, -0.2) is 4.79 Å². The normalized spacial score (nSPS) is 13.2. The molecule has 0 radical (unpaired) electrons. The molecule has 0 heterocycles. The fourth-order valence-electron chi connectivity index (χ4n) is 3.12. The van der Waals surface area contributed by atoms with Crippen LogP contribution in [0.3, 0.4) is 0 Å². The molecule has 2 atom stereocenters. The second-order valence-corrected chi connectivity index (χ2v) is 8.90. The molecule has 29 heavy (non-hydrogen) atoms. The monoisotopic (exact) mass is 433 g/mol. The van der Waals surface area contributed by atoms with Crippen LogP contribution in [-0.2, 0) is 9.59 Å². The largest absolute Gasteiger partial charge is 0.480 e. The molecule has 0 aliphatic rings. The first-order valence-corrected chi connectivity index (χ1v) is 12.6. The van der Waals surface area contributed by atoms with Gasteiger partial charge in [-0.05, 0) is 6.42 Å². The summed E-state index contributed by atoms with van der Waals surface area (Å²) >= 11 is 1.21. The molecule has 172 valence electrons. The van der Waals surface area contributed by atoms with E-state index in [2.05, 4.69) is 12.2 Å². The summed E-state index contributed by atoms with van der Waals surface area (Å²) in [5, 5.41) is 29.8. The molecule has 0 spiro atoms. The molecule has 0 saturated heterocycles. The Hall–Kier alpha value is -0.790. The zero-order valence-corrected chi connectivity index (χ0v) is 19.1. The number of amides is 1. The fourth-order valence-corrected chi connectivity index (χ4v) is 4.09. The van der Waals surface area contributed by atoms with Crippen LogP contribution in [0, 0.1) is 0 Å². The standard InChI is InChI=1S/C22H43NO5S/c1-2-3-4-5-6-7-8-9-10-11-12-13-14-15-21(26)23-20(22(27)28)18-29-17-19(25)16-24/h19-20,24-25H,2-18H2,1H3,(H,23,26)(H,27,28)/t19-,20+/m1/s1. The van der Waals surface area contributed by atoms with Crippen molar-refractivity contribution in [3.05, 3.63) is 0 Å². The second-order valence-electron chi connectivity index (χ2n) is 7.82. The van der Waals surface area contributed by atoms with Crippen molar-refractivity contribution in [3.8, 4) is 0 Å². The zero-order valence-electron chi connectivity index (χ0n) is 18.2. The Labute approximate surface area is 181 Å². The molecule has 0 bridgehead atoms. The number of aliphatic carboxylic acids is 1. The van der Waals surface area contributed by atoms with E-state index in [0.29, 0.717) is 6.42 Å². The molecule has 0 rings (SSSR count). The topological polar surface area (TPSA) is 107 Å². The zero-order chi connectivity index (χ0) is 21.7. The third-order valence-electron chi connectivity index (χ3n) is 4.95. The predicted octanol–water partition coefficient (Wildman–Crippen LogP) is 4.12. The van der Waals surface area contributed by atoms with Gasteiger partial charge in [0.1, 0.15) is 6.04 Å². The predicted molar refractivity (Wildman–Crippen MR) is 120 cm³/mol. The van der Waals surface area contributed by atoms with Crippen molar-refractivity contribution < 1.29 is 24.9 Å². The van der Waals surface area contributed by atoms with Crippen molar-refractivity contribution in [2.45, 2.75) is 109 Å². The minimum absolute atomic E-state index is 0.177. The molecule has 0 aliphatic carbocycles. The van der Waals surface area contributed by atoms with Crippen LogP contribution in [0.2, 0.25) is 0 Å². The van der Waals surface area contributed by atoms with E-state index in [1.165, 1.54) is 76.0 Å². The van der Waals surface area contributed by atoms with Crippen molar-refractivity contribution in [1.29, 1.82) is 0 Å². The van der Waals surface area contributed by atoms with Crippen molar-refractivity contribution >= 4 is 23.6 Å². The molecule has 0 unspecified atom stereocenters. The van der Waals surface area contributed by atoms with Crippen LogP contribution in [0.25, 0.3) is 0 Å². The van der Waals surface area contributed by atoms with Gasteiger partial charge >= 0.3 is 5.97 Å². The fraction of sp³-hybridized carbons (Fsp3) is 0.909. The lowest BCUT2D eigenvalue weighted by Gasteiger charge is -2.15. The maximum absolute atomic E-state index is 11.9. The van der Waals surface area contributed by atoms with Gasteiger partial charge in [-0.15, -0.1) is 0 Å². The highest BCUT2D eigenvalue weighted by molar-refractivity contribution is 7.99. The number of carbonyl (C=O) groups is 2. The number of aliphatic hydroxyl groups is 2. The Balaban J connectivity index is 3.58. The number of hydrogen-bond acceptors (Lipinski definition) is 5. The molecule has 4 N–H and O–H groups in total. The number of nitrogens with one attached hydrogen (secondary N) is 1. The van der Waals surface area contributed by atoms with E-state index in [1.807, 2.05) is 0 Å². The Morgan fingerprint density at radius 1 is 0.828 bits per heavy atom. The highest BCUT2D eigenvalue weighted by Crippen LogP contribution is 2.13. The first-order valence-electron chi connectivity index (χ1n) is 11.4. The van der Waals surface area contributed by atoms with Crippen LogP contribution in [-0.4, -0.2) is 57.5 Å². The van der Waals surface area contributed by atoms with Crippen molar-refractivity contribution in [2.75, 3.05) is 18.1 Å². The molecule has 7 heteroatoms. The van der Waals surface area contributed by atoms with E-state index in [4.69, 9.17) is 5.11 Å². The summed E-state index contributed by atoms with van der Waals surface area (Å²) in [7, 11) is 0. The molecule has 0 aromatic heterocycles. The summed E-state index contributed by atoms with van der Waals surface area (Å²) in [6.45, 7) is 1.89. The van der Waals surface area contributed by atoms with Gasteiger partial charge in [-0.3, -0.25) is 4.79 Å². The van der Waals surface area contributed by atoms with Gasteiger partial charge in [0.05, 0.1) is 12.7 Å². The number of rotatable bonds is 21. The van der Waals surface area contributed by atoms with Gasteiger partial charge in [0.15, 0.2) is 0 Å². The summed E-state index contributed by atoms with van der Waals surface area (Å²) in [6.07, 6.45) is 15.6. The van der Waals surface area contributed by atoms with E-state index in [0.717, 1.165) is 19.3 Å². The van der Waals surface area contributed by atoms with Gasteiger partial charge in [-0.2, -0.15) is 11.8 Å². The maximum Gasteiger partial charge on any atom is 0.327 e. The van der Waals surface area contributed by atoms with Crippen molar-refractivity contribution in [1.82, 2.24) is 5.32 Å². The molecular formula is C22H43NO5S. The molecule has 0 saturated carbocycles. The summed E-state index contributed by atoms with van der Waals surface area (Å²) in [5.74, 6) is -0.885. The van der Waals surface area contributed by atoms with E-state index in [9.17, 15) is 19.8 Å². The summed E-state index contributed by atoms with van der Waals surface area (Å²) in [5.41, 5.74) is 0. The summed E-state index contributed by atoms with van der Waals surface area (Å²) in [4.78, 5) is 23.2. The average Bonchev–Trinajstić information content (AvgIpc) is 2.70. The van der Waals surface area contributed by atoms with Gasteiger partial charge < -0.3 is 20.6 Å². The maximum atomic E-state index is 11.9. The van der Waals surface area contributed by atoms with E-state index in [-0.39, 0.29) is 24.0 Å². The number of aliphatic hydroxyl groups excluding tert-OH is 2. The Kier molecular flexibility index (Phi) is 19.9. The van der Waals surface area contributed by atoms with Crippen molar-refractivity contribution in [2.24, 2.45) is 0 Å². The number of carboxylic acids is 1. The molecule has 0 aromatic rings. The number of carboxylic acid groups (broad SMARTS) is 1. The van der Waals surface area contributed by atoms with Crippen LogP contribution in [0.15, 0.2) is 0 Å². The minimum Gasteiger partial charge on any atom is -0.480 e. The van der Waals surface area contributed by atoms with Gasteiger partial charge in [0.2, 0.25) is 5.91 Å². The Morgan fingerprint density at radius 2 is 1.31 bits per heavy atom. The smallest absolute Gasteiger partial charge is 0.327 e. The molecule has 1 amide bonds. The minimum atomic E-state index is -1.07. The number of hydrogen-bond donors (Lipinski definition) is 4. The lowest BCUT2D eigenvalue weighted by molar-refractivity contribution is -0.141. The first-order chi connectivity index (χ1) is 14.0. The molecule has 6 nitrogen and oxygen atoms in total. The Morgan fingerprint density at radius 3 is 1.76 bits per heavy atom. The lowest BCUT2D eigenvalue weighted by atomic mass is 10.0. The van der Waals surface area contributed by atoms with E-state index in [1.54, 1.807) is 0 Å². The third-order valence-corrected chi connectivity index (χ3v) is 6.14. The first kappa shape index (κ1) is 28.2. The quantitative estimate of drug-likeness (QED) is 0.203. The third kappa shape index (κ3) is 18.9. The van der Waals surface area contributed by atoms with Crippen molar-refractivity contribution in [3.63, 3.8) is 0 Å². The highest BCUT2D eigenvalue weighted by Gasteiger charge is 2.20. The SMILES string of the molecule is CCCCCCCCCCCCCCCC(=O)N[C@@H](CSC[C@H](O)CO)C(=O)O. The van der Waals surface area contributed by atoms with Crippen LogP contribution in [0.4, 0.5) is 0 Å². The van der Waals surface area contributed by atoms with Crippen LogP contribution in [0.1, 0.15) is 96.8 Å². The number of thioether (sulfide) groups is 1. The lowest BCUT2D eigenvalue weighted by Crippen LogP contribution is -2.42. The average molecular weight is 434 g/mol. The molecule has 0 aliphatic heterocycles. The molecule has 0 aromatic carbocycles. The van der Waals surface area contributed by atoms with Gasteiger partial charge in [-0.1, -0.05) is 84.0 Å². The Bertz CT molecular complexity index is 409. The number of unbranched alkanes of at least 4 members (excludes halogenated alkanes) is 12. The van der Waals surface area contributed by atoms with Crippen LogP contribution in [0.5, 0.6) is 0 Å². The van der Waals surface area contributed by atoms with Crippen LogP contribution >= 0.6 is 11.8 Å². The summed E-state index contributed by atoms with van der Waals surface area (Å²) in [6, 6.07) is -0.958. The number of carbonyl (C=O) groups excluding carboxylic acids is 1. The van der Waals surface area contributed by atoms with E-state index < -0.39 is 18.1 Å². The molecule has 0 fully saturated rings. The second kappa shape index (κ2) is 20.5. The van der Waals surface area contributed by atoms with Gasteiger partial charge in [0.25, 0.3) is 0 Å². The summed E-state index contributed by atoms with van der Waals surface area (Å²) < 4.78 is 0. The van der Waals surface area contributed by atoms with Crippen LogP contribution < -0.4 is 5.32 Å². The van der Waals surface area contributed by atoms with E-state index >= 15 is 0 Å².